The van der Waals surface area contributed by atoms with Crippen LogP contribution in [0, 0.1) is 13.8 Å². The average Bonchev–Trinajstić information content (AvgIpc) is 1.63. The number of pyridine rings is 2. The fourth-order valence-electron chi connectivity index (χ4n) is 14.4. The van der Waals surface area contributed by atoms with Crippen molar-refractivity contribution in [1.29, 1.82) is 0 Å². The van der Waals surface area contributed by atoms with Crippen LogP contribution in [0.25, 0.3) is 130 Å². The second-order valence-corrected chi connectivity index (χ2v) is 29.7. The van der Waals surface area contributed by atoms with E-state index in [-0.39, 0.29) is 6.61 Å². The minimum Gasteiger partial charge on any atom is -0.490 e. The number of rotatable bonds is 33. The monoisotopic (exact) mass is 1780 g/mol. The summed E-state index contributed by atoms with van der Waals surface area (Å²) in [5, 5.41) is 33.2. The van der Waals surface area contributed by atoms with Crippen molar-refractivity contribution in [2.45, 2.75) is 109 Å². The zero-order chi connectivity index (χ0) is 92.1. The van der Waals surface area contributed by atoms with Crippen LogP contribution in [0.1, 0.15) is 104 Å². The maximum absolute atomic E-state index is 9.19. The van der Waals surface area contributed by atoms with Crippen LogP contribution in [-0.2, 0) is 13.2 Å². The smallest absolute Gasteiger partial charge is 0.292 e. The first-order valence-electron chi connectivity index (χ1n) is 44.3. The number of nitrogens with one attached hydrogen (secondary N) is 1. The van der Waals surface area contributed by atoms with E-state index in [2.05, 4.69) is 85.0 Å². The van der Waals surface area contributed by atoms with E-state index in [1.54, 1.807) is 23.1 Å². The summed E-state index contributed by atoms with van der Waals surface area (Å²) in [4.78, 5) is 32.6. The molecule has 0 bridgehead atoms. The standard InChI is InChI=1S/C25H28N4O3.C21H20N3O3.2C19H20N2O3.C18H19N3O4/c1-3-30-21-11-10-17(14-22(21)31-4-2)25-27-24(28-32-25)19-8-7-9-20-23(19)18(15-26-20)16-29-12-5-6-13-29;1-3-25-20-10-9-17(12-21(20)26-4-2)24-14-19(23-27-24)18-11-15-7-5-6-8-16(15)13-22-18;1-4-22-16-11-10-15(12-17(16)23-5-2)19-20-18(21-24-19)14-8-6-13(3)7-9-14;1-4-22-16-10-9-15(12-17(16)23-5-2)19-20-18(21-24-19)14-8-6-7-13(3)11-14;1-3-23-15-6-5-13(10-16(15)24-4-2)18-20-17(21-25-18)12-7-8-19-14(9-12)11-22/h7-11,14-15,26H,3-6,12-13,16H2,1-2H3;5-14H,3-4H2,1-2H3;2*6-12H,4-5H2,1-3H3;5-10,22H,3-4,11H2,1-2H3/q;+1;;;. The third kappa shape index (κ3) is 23.6. The SMILES string of the molecule is CCOc1ccc(-[n+]2cc(-c3cc4ccccc4cn3)no2)cc1OCC.CCOc1ccc(-c2nc(-c3ccc(C)cc3)no2)cc1OCC.CCOc1ccc(-c2nc(-c3cccc(C)c3)no2)cc1OCC.CCOc1ccc(-c2nc(-c3cccc4[nH]cc(CN5CCCC5)c34)no2)cc1OCC.CCOc1ccc(-c2nc(-c3ccnc(CO)c3)no2)cc1OCC. The van der Waals surface area contributed by atoms with Crippen LogP contribution in [0.5, 0.6) is 57.5 Å². The Morgan fingerprint density at radius 3 is 1.29 bits per heavy atom. The molecule has 9 aromatic carbocycles. The molecule has 0 atom stereocenters. The number of aromatic amines is 1. The Balaban J connectivity index is 0.000000133. The highest BCUT2D eigenvalue weighted by Gasteiger charge is 2.25. The second kappa shape index (κ2) is 46.1. The number of benzene rings is 9. The van der Waals surface area contributed by atoms with Crippen LogP contribution in [0.3, 0.4) is 0 Å². The van der Waals surface area contributed by atoms with Crippen molar-refractivity contribution >= 4 is 21.7 Å². The van der Waals surface area contributed by atoms with Gasteiger partial charge in [0.25, 0.3) is 29.3 Å². The highest BCUT2D eigenvalue weighted by atomic mass is 16.6. The van der Waals surface area contributed by atoms with Crippen molar-refractivity contribution in [2.24, 2.45) is 0 Å². The first-order chi connectivity index (χ1) is 64.7. The molecule has 1 fully saturated rings. The Labute approximate surface area is 764 Å². The highest BCUT2D eigenvalue weighted by molar-refractivity contribution is 5.96. The van der Waals surface area contributed by atoms with Gasteiger partial charge in [0.15, 0.2) is 74.5 Å². The third-order valence-corrected chi connectivity index (χ3v) is 20.5. The molecule has 1 aliphatic heterocycles. The molecule has 30 nitrogen and oxygen atoms in total. The van der Waals surface area contributed by atoms with Gasteiger partial charge < -0.3 is 75.6 Å². The molecular formula is C102H107N14O16+. The molecule has 18 rings (SSSR count). The summed E-state index contributed by atoms with van der Waals surface area (Å²) in [5.74, 6) is 10.7. The molecule has 0 unspecified atom stereocenters. The van der Waals surface area contributed by atoms with Crippen LogP contribution in [0.15, 0.2) is 248 Å². The average molecular weight is 1790 g/mol. The molecule has 0 aliphatic carbocycles. The first-order valence-corrected chi connectivity index (χ1v) is 44.3. The van der Waals surface area contributed by atoms with E-state index in [4.69, 9.17) is 75.1 Å². The fourth-order valence-corrected chi connectivity index (χ4v) is 14.4. The van der Waals surface area contributed by atoms with Crippen LogP contribution < -0.4 is 52.1 Å². The Morgan fingerprint density at radius 2 is 0.803 bits per heavy atom. The van der Waals surface area contributed by atoms with Crippen molar-refractivity contribution in [1.82, 2.24) is 65.6 Å². The van der Waals surface area contributed by atoms with Crippen molar-refractivity contribution in [3.05, 3.63) is 247 Å². The molecule has 2 N–H and O–H groups in total. The van der Waals surface area contributed by atoms with E-state index >= 15 is 0 Å². The Bertz CT molecular complexity index is 6570. The van der Waals surface area contributed by atoms with E-state index in [0.717, 1.165) is 103 Å². The fraction of sp³-hybridized carbons (Fsp3) is 0.275. The number of aliphatic hydroxyl groups excluding tert-OH is 1. The molecule has 0 amide bonds. The number of H-pyrrole nitrogens is 1. The van der Waals surface area contributed by atoms with Crippen molar-refractivity contribution in [3.8, 4) is 166 Å². The predicted molar refractivity (Wildman–Crippen MR) is 501 cm³/mol. The van der Waals surface area contributed by atoms with Gasteiger partial charge in [-0.1, -0.05) is 115 Å². The quantitative estimate of drug-likeness (QED) is 0.0361. The van der Waals surface area contributed by atoms with E-state index < -0.39 is 0 Å². The molecule has 1 aliphatic rings. The van der Waals surface area contributed by atoms with Crippen LogP contribution >= 0.6 is 0 Å². The zero-order valence-electron chi connectivity index (χ0n) is 76.1. The largest absolute Gasteiger partial charge is 0.490 e. The van der Waals surface area contributed by atoms with E-state index in [1.807, 2.05) is 265 Å². The number of hydrogen-bond donors (Lipinski definition) is 2. The summed E-state index contributed by atoms with van der Waals surface area (Å²) in [6, 6.07) is 63.8. The lowest BCUT2D eigenvalue weighted by molar-refractivity contribution is -0.794. The Kier molecular flexibility index (Phi) is 32.4. The molecule has 680 valence electrons. The van der Waals surface area contributed by atoms with E-state index in [1.165, 1.54) is 24.0 Å². The number of ether oxygens (including phenoxy) is 10. The molecule has 132 heavy (non-hydrogen) atoms. The summed E-state index contributed by atoms with van der Waals surface area (Å²) in [7, 11) is 0. The highest BCUT2D eigenvalue weighted by Crippen LogP contribution is 2.40. The van der Waals surface area contributed by atoms with E-state index in [0.29, 0.717) is 182 Å². The molecular weight excluding hydrogens is 1680 g/mol. The molecule has 9 heterocycles. The molecule has 0 spiro atoms. The maximum atomic E-state index is 9.19. The maximum Gasteiger partial charge on any atom is 0.292 e. The van der Waals surface area contributed by atoms with Gasteiger partial charge in [0, 0.05) is 92.0 Å². The number of nitrogens with zero attached hydrogens (tertiary/aromatic N) is 13. The number of aromatic nitrogens is 13. The lowest BCUT2D eigenvalue weighted by Gasteiger charge is -2.14. The number of likely N-dealkylation sites (tertiary alicyclic amines) is 1. The van der Waals surface area contributed by atoms with Gasteiger partial charge in [-0.05, 0) is 240 Å². The van der Waals surface area contributed by atoms with Gasteiger partial charge in [0.1, 0.15) is 5.69 Å². The van der Waals surface area contributed by atoms with Crippen molar-refractivity contribution < 1.29 is 79.9 Å². The zero-order valence-corrected chi connectivity index (χ0v) is 76.1. The molecule has 8 aromatic heterocycles. The lowest BCUT2D eigenvalue weighted by atomic mass is 10.1. The molecule has 0 radical (unpaired) electrons. The van der Waals surface area contributed by atoms with Gasteiger partial charge >= 0.3 is 0 Å². The minimum absolute atomic E-state index is 0.144. The number of aryl methyl sites for hydroxylation is 2. The summed E-state index contributed by atoms with van der Waals surface area (Å²) in [6.45, 7) is 32.1. The summed E-state index contributed by atoms with van der Waals surface area (Å²) < 4.78 is 85.2. The van der Waals surface area contributed by atoms with Crippen LogP contribution in [0.4, 0.5) is 0 Å². The Hall–Kier alpha value is -15.3. The van der Waals surface area contributed by atoms with Gasteiger partial charge in [-0.25, -0.2) is 0 Å². The van der Waals surface area contributed by atoms with Gasteiger partial charge in [-0.15, -0.1) is 0 Å². The second-order valence-electron chi connectivity index (χ2n) is 29.7. The number of aliphatic hydroxyl groups is 1. The van der Waals surface area contributed by atoms with Crippen LogP contribution in [0.2, 0.25) is 0 Å². The van der Waals surface area contributed by atoms with Gasteiger partial charge in [-0.3, -0.25) is 14.9 Å². The molecule has 17 aromatic rings. The third-order valence-electron chi connectivity index (χ3n) is 20.5. The first kappa shape index (κ1) is 92.9. The summed E-state index contributed by atoms with van der Waals surface area (Å²) in [6.07, 6.45) is 9.90. The molecule has 30 heteroatoms. The lowest BCUT2D eigenvalue weighted by Crippen LogP contribution is -2.26. The number of fused-ring (bicyclic) bond motifs is 2. The Morgan fingerprint density at radius 1 is 0.371 bits per heavy atom. The van der Waals surface area contributed by atoms with Gasteiger partial charge in [-0.2, -0.15) is 19.9 Å². The molecule has 1 saturated heterocycles. The van der Waals surface area contributed by atoms with Crippen molar-refractivity contribution in [3.63, 3.8) is 0 Å². The number of hydrogen-bond acceptors (Lipinski definition) is 28. The minimum atomic E-state index is -0.144. The summed E-state index contributed by atoms with van der Waals surface area (Å²) in [5.41, 5.74) is 14.1. The van der Waals surface area contributed by atoms with Gasteiger partial charge in [0.05, 0.1) is 78.4 Å². The topological polar surface area (TPSA) is 343 Å². The van der Waals surface area contributed by atoms with E-state index in [9.17, 15) is 5.11 Å². The predicted octanol–water partition coefficient (Wildman–Crippen LogP) is 21.3. The molecule has 0 saturated carbocycles. The summed E-state index contributed by atoms with van der Waals surface area (Å²) >= 11 is 0. The van der Waals surface area contributed by atoms with Gasteiger partial charge in [0.2, 0.25) is 23.3 Å². The van der Waals surface area contributed by atoms with Crippen LogP contribution in [-0.4, -0.2) is 150 Å². The van der Waals surface area contributed by atoms with Crippen molar-refractivity contribution in [2.75, 3.05) is 79.2 Å². The normalized spacial score (nSPS) is 11.6.